The average molecular weight is 142 g/mol. The summed E-state index contributed by atoms with van der Waals surface area (Å²) in [6.07, 6.45) is 1.74. The Bertz CT molecular complexity index is 191. The molecule has 0 amide bonds. The van der Waals surface area contributed by atoms with Crippen molar-refractivity contribution in [2.75, 3.05) is 0 Å². The highest BCUT2D eigenvalue weighted by atomic mass is 32.1. The van der Waals surface area contributed by atoms with Gasteiger partial charge in [-0.3, -0.25) is 0 Å². The van der Waals surface area contributed by atoms with Gasteiger partial charge in [0.1, 0.15) is 0 Å². The lowest BCUT2D eigenvalue weighted by molar-refractivity contribution is 0.474. The summed E-state index contributed by atoms with van der Waals surface area (Å²) in [6, 6.07) is 1.94. The van der Waals surface area contributed by atoms with Crippen molar-refractivity contribution in [1.29, 1.82) is 0 Å². The predicted molar refractivity (Wildman–Crippen MR) is 40.0 cm³/mol. The standard InChI is InChI=1S/C7H10OS/c1-5(2)6-3-7(9)8-4-6/h3-5,9H,1-2H3. The van der Waals surface area contributed by atoms with Crippen LogP contribution in [0, 0.1) is 0 Å². The fraction of sp³-hybridized carbons (Fsp3) is 0.429. The first kappa shape index (κ1) is 6.75. The fourth-order valence-corrected chi connectivity index (χ4v) is 0.844. The minimum absolute atomic E-state index is 0.537. The molecule has 0 saturated carbocycles. The summed E-state index contributed by atoms with van der Waals surface area (Å²) in [5.41, 5.74) is 1.21. The third-order valence-electron chi connectivity index (χ3n) is 1.27. The highest BCUT2D eigenvalue weighted by Crippen LogP contribution is 2.18. The summed E-state index contributed by atoms with van der Waals surface area (Å²) < 4.78 is 4.99. The van der Waals surface area contributed by atoms with Gasteiger partial charge in [0.05, 0.1) is 6.26 Å². The third kappa shape index (κ3) is 1.52. The van der Waals surface area contributed by atoms with E-state index in [-0.39, 0.29) is 0 Å². The van der Waals surface area contributed by atoms with Crippen LogP contribution >= 0.6 is 12.6 Å². The van der Waals surface area contributed by atoms with E-state index < -0.39 is 0 Å². The molecule has 0 aromatic carbocycles. The van der Waals surface area contributed by atoms with Crippen molar-refractivity contribution < 1.29 is 4.42 Å². The first-order valence-corrected chi connectivity index (χ1v) is 3.42. The second kappa shape index (κ2) is 2.48. The first-order valence-electron chi connectivity index (χ1n) is 2.97. The molecule has 0 aliphatic rings. The van der Waals surface area contributed by atoms with Crippen molar-refractivity contribution in [1.82, 2.24) is 0 Å². The lowest BCUT2D eigenvalue weighted by atomic mass is 10.1. The van der Waals surface area contributed by atoms with Gasteiger partial charge in [-0.05, 0) is 17.5 Å². The van der Waals surface area contributed by atoms with Crippen LogP contribution in [0.15, 0.2) is 21.8 Å². The molecule has 0 aliphatic heterocycles. The zero-order chi connectivity index (χ0) is 6.85. The Morgan fingerprint density at radius 1 is 1.56 bits per heavy atom. The lowest BCUT2D eigenvalue weighted by Crippen LogP contribution is -1.79. The molecule has 50 valence electrons. The summed E-state index contributed by atoms with van der Waals surface area (Å²) in [7, 11) is 0. The van der Waals surface area contributed by atoms with Crippen molar-refractivity contribution in [3.05, 3.63) is 17.9 Å². The van der Waals surface area contributed by atoms with Crippen molar-refractivity contribution in [2.24, 2.45) is 0 Å². The molecule has 0 saturated heterocycles. The van der Waals surface area contributed by atoms with Crippen molar-refractivity contribution in [3.63, 3.8) is 0 Å². The minimum Gasteiger partial charge on any atom is -0.458 e. The quantitative estimate of drug-likeness (QED) is 0.595. The Morgan fingerprint density at radius 2 is 2.22 bits per heavy atom. The molecule has 0 radical (unpaired) electrons. The highest BCUT2D eigenvalue weighted by Gasteiger charge is 2.00. The molecule has 9 heavy (non-hydrogen) atoms. The van der Waals surface area contributed by atoms with Gasteiger partial charge in [-0.15, -0.1) is 12.6 Å². The normalized spacial score (nSPS) is 10.7. The highest BCUT2D eigenvalue weighted by molar-refractivity contribution is 7.80. The van der Waals surface area contributed by atoms with Crippen LogP contribution < -0.4 is 0 Å². The smallest absolute Gasteiger partial charge is 0.157 e. The molecule has 0 atom stereocenters. The molecule has 1 aromatic rings. The Kier molecular flexibility index (Phi) is 1.86. The van der Waals surface area contributed by atoms with Gasteiger partial charge in [0.2, 0.25) is 0 Å². The molecule has 0 bridgehead atoms. The van der Waals surface area contributed by atoms with Crippen LogP contribution in [-0.2, 0) is 0 Å². The van der Waals surface area contributed by atoms with E-state index in [1.54, 1.807) is 6.26 Å². The van der Waals surface area contributed by atoms with Crippen LogP contribution in [0.4, 0.5) is 0 Å². The van der Waals surface area contributed by atoms with Crippen LogP contribution in [0.1, 0.15) is 25.3 Å². The second-order valence-corrected chi connectivity index (χ2v) is 2.81. The van der Waals surface area contributed by atoms with Crippen molar-refractivity contribution in [2.45, 2.75) is 24.9 Å². The topological polar surface area (TPSA) is 13.1 Å². The Morgan fingerprint density at radius 3 is 2.44 bits per heavy atom. The number of thiol groups is 1. The van der Waals surface area contributed by atoms with Crippen LogP contribution in [0.2, 0.25) is 0 Å². The van der Waals surface area contributed by atoms with E-state index in [9.17, 15) is 0 Å². The average Bonchev–Trinajstić information content (AvgIpc) is 2.14. The maximum Gasteiger partial charge on any atom is 0.157 e. The molecular formula is C7H10OS. The largest absolute Gasteiger partial charge is 0.458 e. The van der Waals surface area contributed by atoms with E-state index in [2.05, 4.69) is 26.5 Å². The number of furan rings is 1. The van der Waals surface area contributed by atoms with Crippen molar-refractivity contribution in [3.8, 4) is 0 Å². The Labute approximate surface area is 60.5 Å². The van der Waals surface area contributed by atoms with Gasteiger partial charge in [-0.2, -0.15) is 0 Å². The predicted octanol–water partition coefficient (Wildman–Crippen LogP) is 2.69. The molecule has 0 aliphatic carbocycles. The SMILES string of the molecule is CC(C)c1coc(S)c1. The summed E-state index contributed by atoms with van der Waals surface area (Å²) in [5, 5.41) is 0.693. The summed E-state index contributed by atoms with van der Waals surface area (Å²) in [4.78, 5) is 0. The zero-order valence-electron chi connectivity index (χ0n) is 5.59. The molecular weight excluding hydrogens is 132 g/mol. The molecule has 2 heteroatoms. The summed E-state index contributed by atoms with van der Waals surface area (Å²) in [5.74, 6) is 0.537. The van der Waals surface area contributed by atoms with Crippen LogP contribution in [0.3, 0.4) is 0 Å². The van der Waals surface area contributed by atoms with Gasteiger partial charge in [0.15, 0.2) is 5.09 Å². The van der Waals surface area contributed by atoms with Gasteiger partial charge in [0, 0.05) is 0 Å². The van der Waals surface area contributed by atoms with Gasteiger partial charge in [-0.25, -0.2) is 0 Å². The molecule has 0 fully saturated rings. The van der Waals surface area contributed by atoms with Gasteiger partial charge in [0.25, 0.3) is 0 Å². The number of rotatable bonds is 1. The van der Waals surface area contributed by atoms with Crippen LogP contribution in [0.25, 0.3) is 0 Å². The molecule has 1 aromatic heterocycles. The zero-order valence-corrected chi connectivity index (χ0v) is 6.48. The molecule has 1 rings (SSSR count). The number of hydrogen-bond donors (Lipinski definition) is 1. The van der Waals surface area contributed by atoms with E-state index in [0.717, 1.165) is 0 Å². The molecule has 0 N–H and O–H groups in total. The first-order chi connectivity index (χ1) is 4.20. The van der Waals surface area contributed by atoms with Crippen LogP contribution in [-0.4, -0.2) is 0 Å². The van der Waals surface area contributed by atoms with E-state index in [4.69, 9.17) is 4.42 Å². The molecule has 1 heterocycles. The van der Waals surface area contributed by atoms with Crippen LogP contribution in [0.5, 0.6) is 0 Å². The summed E-state index contributed by atoms with van der Waals surface area (Å²) >= 11 is 4.03. The number of hydrogen-bond acceptors (Lipinski definition) is 2. The maximum atomic E-state index is 4.99. The molecule has 0 spiro atoms. The molecule has 1 nitrogen and oxygen atoms in total. The third-order valence-corrected chi connectivity index (χ3v) is 1.51. The maximum absolute atomic E-state index is 4.99. The lowest BCUT2D eigenvalue weighted by Gasteiger charge is -1.94. The van der Waals surface area contributed by atoms with E-state index in [1.807, 2.05) is 6.07 Å². The summed E-state index contributed by atoms with van der Waals surface area (Å²) in [6.45, 7) is 4.25. The van der Waals surface area contributed by atoms with Gasteiger partial charge >= 0.3 is 0 Å². The monoisotopic (exact) mass is 142 g/mol. The van der Waals surface area contributed by atoms with E-state index in [1.165, 1.54) is 5.56 Å². The van der Waals surface area contributed by atoms with E-state index in [0.29, 0.717) is 11.0 Å². The second-order valence-electron chi connectivity index (χ2n) is 2.37. The van der Waals surface area contributed by atoms with Crippen molar-refractivity contribution >= 4 is 12.6 Å². The van der Waals surface area contributed by atoms with Gasteiger partial charge < -0.3 is 4.42 Å². The Hall–Kier alpha value is -0.370. The van der Waals surface area contributed by atoms with Gasteiger partial charge in [-0.1, -0.05) is 13.8 Å². The minimum atomic E-state index is 0.537. The van der Waals surface area contributed by atoms with E-state index >= 15 is 0 Å². The Balaban J connectivity index is 2.85. The fourth-order valence-electron chi connectivity index (χ4n) is 0.642. The molecule has 0 unspecified atom stereocenters.